The number of primary sulfonamides is 1. The number of aryl methyl sites for hydroxylation is 1. The van der Waals surface area contributed by atoms with Crippen molar-refractivity contribution in [2.24, 2.45) is 12.2 Å². The van der Waals surface area contributed by atoms with Crippen LogP contribution in [0.15, 0.2) is 45.9 Å². The standard InChI is InChI=1S/C12H14BrN3O2S/c1-16-6-2-3-9(16)8-15-12-5-4-10(7-11(12)13)19(14,17)18/h2-7,15H,8H2,1H3,(H2,14,17,18). The van der Waals surface area contributed by atoms with Crippen LogP contribution in [0, 0.1) is 0 Å². The number of halogens is 1. The van der Waals surface area contributed by atoms with E-state index < -0.39 is 10.0 Å². The first kappa shape index (κ1) is 14.1. The number of anilines is 1. The van der Waals surface area contributed by atoms with Gasteiger partial charge in [0.1, 0.15) is 0 Å². The molecule has 0 aliphatic rings. The number of hydrogen-bond donors (Lipinski definition) is 2. The average molecular weight is 344 g/mol. The molecule has 0 bridgehead atoms. The number of nitrogens with one attached hydrogen (secondary N) is 1. The summed E-state index contributed by atoms with van der Waals surface area (Å²) in [5.74, 6) is 0. The van der Waals surface area contributed by atoms with Crippen LogP contribution >= 0.6 is 15.9 Å². The second kappa shape index (κ2) is 5.36. The number of aromatic nitrogens is 1. The van der Waals surface area contributed by atoms with Crippen LogP contribution in [-0.4, -0.2) is 13.0 Å². The summed E-state index contributed by atoms with van der Waals surface area (Å²) >= 11 is 3.33. The molecule has 0 atom stereocenters. The van der Waals surface area contributed by atoms with Crippen molar-refractivity contribution in [1.29, 1.82) is 0 Å². The largest absolute Gasteiger partial charge is 0.379 e. The van der Waals surface area contributed by atoms with Gasteiger partial charge >= 0.3 is 0 Å². The van der Waals surface area contributed by atoms with E-state index in [1.807, 2.05) is 29.9 Å². The summed E-state index contributed by atoms with van der Waals surface area (Å²) in [5, 5.41) is 8.31. The quantitative estimate of drug-likeness (QED) is 0.891. The molecule has 0 aliphatic carbocycles. The number of benzene rings is 1. The van der Waals surface area contributed by atoms with Gasteiger partial charge in [-0.25, -0.2) is 13.6 Å². The van der Waals surface area contributed by atoms with Gasteiger partial charge in [0.25, 0.3) is 0 Å². The minimum atomic E-state index is -3.67. The predicted molar refractivity (Wildman–Crippen MR) is 78.3 cm³/mol. The third-order valence-corrected chi connectivity index (χ3v) is 4.35. The maximum absolute atomic E-state index is 11.2. The van der Waals surface area contributed by atoms with Crippen molar-refractivity contribution in [2.45, 2.75) is 11.4 Å². The molecule has 7 heteroatoms. The molecule has 19 heavy (non-hydrogen) atoms. The Morgan fingerprint density at radius 2 is 2.11 bits per heavy atom. The van der Waals surface area contributed by atoms with Crippen LogP contribution in [0.3, 0.4) is 0 Å². The molecule has 0 radical (unpaired) electrons. The fourth-order valence-corrected chi connectivity index (χ4v) is 2.89. The monoisotopic (exact) mass is 343 g/mol. The Morgan fingerprint density at radius 1 is 1.37 bits per heavy atom. The summed E-state index contributed by atoms with van der Waals surface area (Å²) in [6, 6.07) is 8.64. The van der Waals surface area contributed by atoms with Crippen LogP contribution < -0.4 is 10.5 Å². The lowest BCUT2D eigenvalue weighted by molar-refractivity contribution is 0.598. The lowest BCUT2D eigenvalue weighted by Crippen LogP contribution is -2.12. The number of hydrogen-bond acceptors (Lipinski definition) is 3. The molecule has 3 N–H and O–H groups in total. The number of rotatable bonds is 4. The van der Waals surface area contributed by atoms with Crippen molar-refractivity contribution >= 4 is 31.6 Å². The van der Waals surface area contributed by atoms with Crippen LogP contribution in [0.25, 0.3) is 0 Å². The van der Waals surface area contributed by atoms with Gasteiger partial charge in [-0.1, -0.05) is 0 Å². The first-order chi connectivity index (χ1) is 8.88. The summed E-state index contributed by atoms with van der Waals surface area (Å²) in [5.41, 5.74) is 1.94. The fourth-order valence-electron chi connectivity index (χ4n) is 1.68. The molecule has 0 fully saturated rings. The third-order valence-electron chi connectivity index (χ3n) is 2.78. The zero-order valence-corrected chi connectivity index (χ0v) is 12.7. The molecule has 5 nitrogen and oxygen atoms in total. The van der Waals surface area contributed by atoms with Crippen LogP contribution in [0.4, 0.5) is 5.69 Å². The second-order valence-electron chi connectivity index (χ2n) is 4.15. The molecule has 2 rings (SSSR count). The van der Waals surface area contributed by atoms with E-state index in [-0.39, 0.29) is 4.90 Å². The first-order valence-electron chi connectivity index (χ1n) is 5.54. The van der Waals surface area contributed by atoms with Crippen molar-refractivity contribution in [3.05, 3.63) is 46.7 Å². The lowest BCUT2D eigenvalue weighted by Gasteiger charge is -2.10. The number of nitrogens with zero attached hydrogens (tertiary/aromatic N) is 1. The highest BCUT2D eigenvalue weighted by Gasteiger charge is 2.10. The molecule has 0 amide bonds. The van der Waals surface area contributed by atoms with Gasteiger partial charge in [0.05, 0.1) is 11.4 Å². The minimum absolute atomic E-state index is 0.0868. The normalized spacial score (nSPS) is 11.5. The zero-order chi connectivity index (χ0) is 14.0. The summed E-state index contributed by atoms with van der Waals surface area (Å²) in [4.78, 5) is 0.0868. The Bertz CT molecular complexity index is 695. The van der Waals surface area contributed by atoms with Gasteiger partial charge in [-0.2, -0.15) is 0 Å². The van der Waals surface area contributed by atoms with Gasteiger partial charge in [-0.3, -0.25) is 0 Å². The zero-order valence-electron chi connectivity index (χ0n) is 10.3. The maximum Gasteiger partial charge on any atom is 0.238 e. The van der Waals surface area contributed by atoms with Gasteiger partial charge in [0.15, 0.2) is 0 Å². The van der Waals surface area contributed by atoms with E-state index in [0.717, 1.165) is 11.4 Å². The van der Waals surface area contributed by atoms with E-state index in [0.29, 0.717) is 11.0 Å². The number of nitrogens with two attached hydrogens (primary N) is 1. The maximum atomic E-state index is 11.2. The van der Waals surface area contributed by atoms with Crippen molar-refractivity contribution in [3.8, 4) is 0 Å². The molecular formula is C12H14BrN3O2S. The van der Waals surface area contributed by atoms with E-state index in [1.165, 1.54) is 12.1 Å². The molecule has 0 aliphatic heterocycles. The topological polar surface area (TPSA) is 77.1 Å². The molecule has 1 heterocycles. The first-order valence-corrected chi connectivity index (χ1v) is 7.88. The predicted octanol–water partition coefficient (Wildman–Crippen LogP) is 2.05. The molecule has 102 valence electrons. The molecular weight excluding hydrogens is 330 g/mol. The Hall–Kier alpha value is -1.31. The van der Waals surface area contributed by atoms with Gasteiger partial charge in [-0.05, 0) is 46.3 Å². The third kappa shape index (κ3) is 3.37. The van der Waals surface area contributed by atoms with Crippen molar-refractivity contribution < 1.29 is 8.42 Å². The van der Waals surface area contributed by atoms with E-state index in [1.54, 1.807) is 6.07 Å². The summed E-state index contributed by atoms with van der Waals surface area (Å²) in [6.45, 7) is 0.650. The van der Waals surface area contributed by atoms with Crippen molar-refractivity contribution in [2.75, 3.05) is 5.32 Å². The highest BCUT2D eigenvalue weighted by molar-refractivity contribution is 9.10. The number of sulfonamides is 1. The molecule has 1 aromatic heterocycles. The van der Waals surface area contributed by atoms with Gasteiger partial charge in [0.2, 0.25) is 10.0 Å². The van der Waals surface area contributed by atoms with E-state index >= 15 is 0 Å². The molecule has 0 unspecified atom stereocenters. The van der Waals surface area contributed by atoms with Crippen molar-refractivity contribution in [3.63, 3.8) is 0 Å². The highest BCUT2D eigenvalue weighted by atomic mass is 79.9. The molecule has 0 saturated heterocycles. The molecule has 0 saturated carbocycles. The average Bonchev–Trinajstić information content (AvgIpc) is 2.72. The minimum Gasteiger partial charge on any atom is -0.379 e. The van der Waals surface area contributed by atoms with Gasteiger partial charge in [-0.15, -0.1) is 0 Å². The van der Waals surface area contributed by atoms with Crippen LogP contribution in [0.2, 0.25) is 0 Å². The molecule has 1 aromatic carbocycles. The Labute approximate surface area is 120 Å². The summed E-state index contributed by atoms with van der Waals surface area (Å²) in [6.07, 6.45) is 1.97. The SMILES string of the molecule is Cn1cccc1CNc1ccc(S(N)(=O)=O)cc1Br. The summed E-state index contributed by atoms with van der Waals surface area (Å²) in [7, 11) is -1.70. The van der Waals surface area contributed by atoms with E-state index in [4.69, 9.17) is 5.14 Å². The van der Waals surface area contributed by atoms with Crippen LogP contribution in [0.1, 0.15) is 5.69 Å². The Kier molecular flexibility index (Phi) is 3.98. The van der Waals surface area contributed by atoms with E-state index in [9.17, 15) is 8.42 Å². The lowest BCUT2D eigenvalue weighted by atomic mass is 10.3. The smallest absolute Gasteiger partial charge is 0.238 e. The fraction of sp³-hybridized carbons (Fsp3) is 0.167. The highest BCUT2D eigenvalue weighted by Crippen LogP contribution is 2.25. The van der Waals surface area contributed by atoms with Gasteiger partial charge in [0, 0.05) is 29.1 Å². The molecule has 2 aromatic rings. The van der Waals surface area contributed by atoms with E-state index in [2.05, 4.69) is 21.2 Å². The van der Waals surface area contributed by atoms with Crippen LogP contribution in [-0.2, 0) is 23.6 Å². The summed E-state index contributed by atoms with van der Waals surface area (Å²) < 4.78 is 25.1. The van der Waals surface area contributed by atoms with Crippen molar-refractivity contribution in [1.82, 2.24) is 4.57 Å². The van der Waals surface area contributed by atoms with Gasteiger partial charge < -0.3 is 9.88 Å². The Balaban J connectivity index is 2.16. The molecule has 0 spiro atoms. The Morgan fingerprint density at radius 3 is 2.63 bits per heavy atom. The van der Waals surface area contributed by atoms with Crippen LogP contribution in [0.5, 0.6) is 0 Å². The second-order valence-corrected chi connectivity index (χ2v) is 6.57.